The molecule has 0 spiro atoms. The number of ether oxygens (including phenoxy) is 1. The van der Waals surface area contributed by atoms with Gasteiger partial charge in [-0.1, -0.05) is 32.6 Å². The third kappa shape index (κ3) is 5.58. The first-order valence-electron chi connectivity index (χ1n) is 12.3. The summed E-state index contributed by atoms with van der Waals surface area (Å²) >= 11 is 0. The number of benzene rings is 1. The van der Waals surface area contributed by atoms with Crippen LogP contribution in [0.3, 0.4) is 0 Å². The number of anilines is 3. The van der Waals surface area contributed by atoms with E-state index in [0.29, 0.717) is 0 Å². The molecule has 0 radical (unpaired) electrons. The van der Waals surface area contributed by atoms with Gasteiger partial charge in [-0.2, -0.15) is 4.98 Å². The van der Waals surface area contributed by atoms with Gasteiger partial charge >= 0.3 is 6.09 Å². The lowest BCUT2D eigenvalue weighted by Crippen LogP contribution is -2.44. The maximum absolute atomic E-state index is 14.6. The van der Waals surface area contributed by atoms with Crippen LogP contribution in [0.25, 0.3) is 0 Å². The summed E-state index contributed by atoms with van der Waals surface area (Å²) in [5.41, 5.74) is 2.13. The standard InChI is InChI=1S/C26H33FN6O3/c1-5-23(34)30-19-10-12-32(13-11-19)20-8-6-18(7-9-20)17(4)29-25-28-14-21(27)24(31-25)33-22(16(2)3)15-36-26(33)35/h5-9,14,16-17,19,22H,1,10-13,15H2,2-4H3,(H,30,34)(H,28,29,31)/t17-,22+/m0/s1. The highest BCUT2D eigenvalue weighted by atomic mass is 19.1. The predicted molar refractivity (Wildman–Crippen MR) is 136 cm³/mol. The fourth-order valence-corrected chi connectivity index (χ4v) is 4.56. The molecule has 1 aromatic carbocycles. The summed E-state index contributed by atoms with van der Waals surface area (Å²) in [6.07, 6.45) is 3.54. The quantitative estimate of drug-likeness (QED) is 0.532. The van der Waals surface area contributed by atoms with Gasteiger partial charge in [-0.05, 0) is 49.5 Å². The van der Waals surface area contributed by atoms with E-state index in [9.17, 15) is 14.0 Å². The zero-order valence-corrected chi connectivity index (χ0v) is 20.9. The maximum atomic E-state index is 14.6. The van der Waals surface area contributed by atoms with Crippen LogP contribution < -0.4 is 20.4 Å². The molecule has 2 saturated heterocycles. The Kier molecular flexibility index (Phi) is 7.71. The fourth-order valence-electron chi connectivity index (χ4n) is 4.56. The van der Waals surface area contributed by atoms with Crippen LogP contribution in [0.15, 0.2) is 43.1 Å². The van der Waals surface area contributed by atoms with E-state index in [4.69, 9.17) is 4.74 Å². The Hall–Kier alpha value is -3.69. The average Bonchev–Trinajstić information content (AvgIpc) is 3.27. The smallest absolute Gasteiger partial charge is 0.416 e. The highest BCUT2D eigenvalue weighted by Crippen LogP contribution is 2.29. The number of cyclic esters (lactones) is 1. The van der Waals surface area contributed by atoms with Gasteiger partial charge in [0.25, 0.3) is 0 Å². The first-order valence-corrected chi connectivity index (χ1v) is 12.3. The Morgan fingerprint density at radius 3 is 2.56 bits per heavy atom. The van der Waals surface area contributed by atoms with Crippen molar-refractivity contribution in [2.45, 2.75) is 51.7 Å². The van der Waals surface area contributed by atoms with Crippen molar-refractivity contribution in [2.75, 3.05) is 34.8 Å². The van der Waals surface area contributed by atoms with Crippen LogP contribution in [0.2, 0.25) is 0 Å². The van der Waals surface area contributed by atoms with Gasteiger partial charge in [0.2, 0.25) is 11.9 Å². The highest BCUT2D eigenvalue weighted by molar-refractivity contribution is 5.89. The lowest BCUT2D eigenvalue weighted by Gasteiger charge is -2.34. The number of rotatable bonds is 8. The minimum absolute atomic E-state index is 0.0797. The van der Waals surface area contributed by atoms with Gasteiger partial charge in [-0.25, -0.2) is 14.2 Å². The van der Waals surface area contributed by atoms with Crippen molar-refractivity contribution in [3.63, 3.8) is 0 Å². The van der Waals surface area contributed by atoms with Crippen molar-refractivity contribution in [1.82, 2.24) is 15.3 Å². The third-order valence-electron chi connectivity index (χ3n) is 6.76. The Balaban J connectivity index is 1.40. The number of carbonyl (C=O) groups excluding carboxylic acids is 2. The zero-order valence-electron chi connectivity index (χ0n) is 20.9. The van der Waals surface area contributed by atoms with Gasteiger partial charge in [0.15, 0.2) is 11.6 Å². The fraction of sp³-hybridized carbons (Fsp3) is 0.462. The van der Waals surface area contributed by atoms with Crippen molar-refractivity contribution in [1.29, 1.82) is 0 Å². The van der Waals surface area contributed by atoms with Crippen LogP contribution in [0, 0.1) is 11.7 Å². The minimum Gasteiger partial charge on any atom is -0.447 e. The summed E-state index contributed by atoms with van der Waals surface area (Å²) in [5.74, 6) is -0.569. The second kappa shape index (κ2) is 10.9. The topological polar surface area (TPSA) is 99.7 Å². The molecule has 2 aliphatic rings. The van der Waals surface area contributed by atoms with Crippen LogP contribution in [0.4, 0.5) is 26.6 Å². The number of piperidine rings is 1. The van der Waals surface area contributed by atoms with Gasteiger partial charge in [0.1, 0.15) is 6.61 Å². The van der Waals surface area contributed by atoms with E-state index in [-0.39, 0.29) is 48.3 Å². The molecule has 4 rings (SSSR count). The number of hydrogen-bond acceptors (Lipinski definition) is 7. The van der Waals surface area contributed by atoms with Gasteiger partial charge in [-0.3, -0.25) is 9.69 Å². The second-order valence-corrected chi connectivity index (χ2v) is 9.56. The summed E-state index contributed by atoms with van der Waals surface area (Å²) in [6, 6.07) is 7.95. The molecule has 10 heteroatoms. The van der Waals surface area contributed by atoms with Gasteiger partial charge in [0.05, 0.1) is 18.3 Å². The van der Waals surface area contributed by atoms with E-state index in [1.165, 1.54) is 11.0 Å². The van der Waals surface area contributed by atoms with Crippen molar-refractivity contribution < 1.29 is 18.7 Å². The summed E-state index contributed by atoms with van der Waals surface area (Å²) in [6.45, 7) is 11.3. The van der Waals surface area contributed by atoms with Crippen molar-refractivity contribution >= 4 is 29.5 Å². The summed E-state index contributed by atoms with van der Waals surface area (Å²) in [5, 5.41) is 6.17. The molecule has 2 aliphatic heterocycles. The molecule has 2 aromatic rings. The summed E-state index contributed by atoms with van der Waals surface area (Å²) in [7, 11) is 0. The molecule has 0 unspecified atom stereocenters. The Morgan fingerprint density at radius 2 is 1.92 bits per heavy atom. The minimum atomic E-state index is -0.671. The molecule has 2 fully saturated rings. The van der Waals surface area contributed by atoms with Gasteiger partial charge in [-0.15, -0.1) is 0 Å². The summed E-state index contributed by atoms with van der Waals surface area (Å²) < 4.78 is 19.7. The van der Waals surface area contributed by atoms with Gasteiger partial charge < -0.3 is 20.3 Å². The number of carbonyl (C=O) groups is 2. The normalized spacial score (nSPS) is 19.2. The van der Waals surface area contributed by atoms with E-state index in [2.05, 4.69) is 44.2 Å². The van der Waals surface area contributed by atoms with Gasteiger partial charge in [0, 0.05) is 24.8 Å². The van der Waals surface area contributed by atoms with Crippen LogP contribution >= 0.6 is 0 Å². The predicted octanol–water partition coefficient (Wildman–Crippen LogP) is 4.04. The third-order valence-corrected chi connectivity index (χ3v) is 6.76. The summed E-state index contributed by atoms with van der Waals surface area (Å²) in [4.78, 5) is 35.8. The number of halogens is 1. The molecule has 2 amide bonds. The lowest BCUT2D eigenvalue weighted by molar-refractivity contribution is -0.117. The van der Waals surface area contributed by atoms with E-state index >= 15 is 0 Å². The maximum Gasteiger partial charge on any atom is 0.416 e. The molecule has 36 heavy (non-hydrogen) atoms. The number of amides is 2. The van der Waals surface area contributed by atoms with Crippen molar-refractivity contribution in [3.05, 3.63) is 54.5 Å². The van der Waals surface area contributed by atoms with E-state index < -0.39 is 11.9 Å². The molecular formula is C26H33FN6O3. The highest BCUT2D eigenvalue weighted by Gasteiger charge is 2.38. The number of nitrogens with zero attached hydrogens (tertiary/aromatic N) is 4. The Morgan fingerprint density at radius 1 is 1.22 bits per heavy atom. The monoisotopic (exact) mass is 496 g/mol. The van der Waals surface area contributed by atoms with Crippen LogP contribution in [-0.2, 0) is 9.53 Å². The zero-order chi connectivity index (χ0) is 25.8. The molecule has 0 bridgehead atoms. The van der Waals surface area contributed by atoms with Crippen LogP contribution in [0.5, 0.6) is 0 Å². The molecular weight excluding hydrogens is 463 g/mol. The average molecular weight is 497 g/mol. The number of nitrogens with one attached hydrogen (secondary N) is 2. The molecule has 2 atom stereocenters. The molecule has 1 aromatic heterocycles. The number of aromatic nitrogens is 2. The van der Waals surface area contributed by atoms with Crippen LogP contribution in [-0.4, -0.2) is 53.7 Å². The Labute approximate surface area is 210 Å². The van der Waals surface area contributed by atoms with Crippen molar-refractivity contribution in [2.24, 2.45) is 5.92 Å². The lowest BCUT2D eigenvalue weighted by atomic mass is 10.0. The Bertz CT molecular complexity index is 1100. The molecule has 0 saturated carbocycles. The molecule has 2 N–H and O–H groups in total. The van der Waals surface area contributed by atoms with E-state index in [1.54, 1.807) is 0 Å². The first kappa shape index (κ1) is 25.4. The molecule has 192 valence electrons. The van der Waals surface area contributed by atoms with Crippen LogP contribution in [0.1, 0.15) is 45.2 Å². The molecule has 0 aliphatic carbocycles. The van der Waals surface area contributed by atoms with Crippen molar-refractivity contribution in [3.8, 4) is 0 Å². The van der Waals surface area contributed by atoms with E-state index in [0.717, 1.165) is 43.4 Å². The molecule has 3 heterocycles. The SMILES string of the molecule is C=CC(=O)NC1CCN(c2ccc([C@H](C)Nc3ncc(F)c(N4C(=O)OC[C@@H]4C(C)C)n3)cc2)CC1. The van der Waals surface area contributed by atoms with E-state index in [1.807, 2.05) is 32.9 Å². The first-order chi connectivity index (χ1) is 17.3. The molecule has 9 nitrogen and oxygen atoms in total. The second-order valence-electron chi connectivity index (χ2n) is 9.56. The number of hydrogen-bond donors (Lipinski definition) is 2. The largest absolute Gasteiger partial charge is 0.447 e.